The molecule has 0 bridgehead atoms. The van der Waals surface area contributed by atoms with Crippen molar-refractivity contribution in [1.82, 2.24) is 5.16 Å². The Morgan fingerprint density at radius 3 is 2.57 bits per heavy atom. The largest absolute Gasteiger partial charge is 0.479 e. The van der Waals surface area contributed by atoms with E-state index in [9.17, 15) is 4.79 Å². The number of benzene rings is 1. The summed E-state index contributed by atoms with van der Waals surface area (Å²) < 4.78 is 10.8. The molecule has 1 amide bonds. The van der Waals surface area contributed by atoms with Gasteiger partial charge >= 0.3 is 0 Å². The standard InChI is InChI=1S/C16H18Cl2N2O3/c1-9(22-12-6-5-10(17)7-11(12)18)15(21)19-14-8-13(23-20-14)16(2,3)4/h5-9H,1-4H3,(H,19,20,21). The summed E-state index contributed by atoms with van der Waals surface area (Å²) >= 11 is 11.8. The summed E-state index contributed by atoms with van der Waals surface area (Å²) in [6, 6.07) is 6.50. The number of hydrogen-bond donors (Lipinski definition) is 1. The van der Waals surface area contributed by atoms with Crippen LogP contribution < -0.4 is 10.1 Å². The fraction of sp³-hybridized carbons (Fsp3) is 0.375. The summed E-state index contributed by atoms with van der Waals surface area (Å²) in [5.41, 5.74) is -0.186. The summed E-state index contributed by atoms with van der Waals surface area (Å²) in [4.78, 5) is 12.2. The first kappa shape index (κ1) is 17.6. The highest BCUT2D eigenvalue weighted by atomic mass is 35.5. The molecule has 5 nitrogen and oxygen atoms in total. The topological polar surface area (TPSA) is 64.4 Å². The van der Waals surface area contributed by atoms with E-state index in [0.29, 0.717) is 27.4 Å². The van der Waals surface area contributed by atoms with Gasteiger partial charge in [0, 0.05) is 16.5 Å². The number of carbonyl (C=O) groups excluding carboxylic acids is 1. The quantitative estimate of drug-likeness (QED) is 0.863. The summed E-state index contributed by atoms with van der Waals surface area (Å²) in [5, 5.41) is 7.32. The van der Waals surface area contributed by atoms with Crippen molar-refractivity contribution in [3.8, 4) is 5.75 Å². The maximum Gasteiger partial charge on any atom is 0.266 e. The van der Waals surface area contributed by atoms with Gasteiger partial charge in [-0.3, -0.25) is 4.79 Å². The van der Waals surface area contributed by atoms with Crippen LogP contribution in [-0.4, -0.2) is 17.2 Å². The number of ether oxygens (including phenoxy) is 1. The minimum atomic E-state index is -0.761. The minimum Gasteiger partial charge on any atom is -0.479 e. The van der Waals surface area contributed by atoms with E-state index in [1.165, 1.54) is 0 Å². The van der Waals surface area contributed by atoms with E-state index in [4.69, 9.17) is 32.5 Å². The first-order valence-corrected chi connectivity index (χ1v) is 7.82. The third-order valence-electron chi connectivity index (χ3n) is 3.07. The molecule has 1 aromatic carbocycles. The molecule has 0 aliphatic heterocycles. The number of rotatable bonds is 4. The Labute approximate surface area is 144 Å². The molecular formula is C16H18Cl2N2O3. The summed E-state index contributed by atoms with van der Waals surface area (Å²) in [6.45, 7) is 7.60. The molecule has 0 radical (unpaired) electrons. The van der Waals surface area contributed by atoms with E-state index in [-0.39, 0.29) is 11.3 Å². The SMILES string of the molecule is CC(Oc1ccc(Cl)cc1Cl)C(=O)Nc1cc(C(C)(C)C)on1. The lowest BCUT2D eigenvalue weighted by Crippen LogP contribution is -2.30. The van der Waals surface area contributed by atoms with Crippen LogP contribution in [0.4, 0.5) is 5.82 Å². The summed E-state index contributed by atoms with van der Waals surface area (Å²) in [6.07, 6.45) is -0.761. The normalized spacial score (nSPS) is 12.8. The molecule has 0 spiro atoms. The van der Waals surface area contributed by atoms with Crippen molar-refractivity contribution in [2.45, 2.75) is 39.2 Å². The number of carbonyl (C=O) groups is 1. The summed E-state index contributed by atoms with van der Waals surface area (Å²) in [5.74, 6) is 1.05. The maximum absolute atomic E-state index is 12.2. The lowest BCUT2D eigenvalue weighted by molar-refractivity contribution is -0.122. The van der Waals surface area contributed by atoms with Crippen molar-refractivity contribution in [1.29, 1.82) is 0 Å². The van der Waals surface area contributed by atoms with E-state index in [2.05, 4.69) is 10.5 Å². The molecule has 2 aromatic rings. The Bertz CT molecular complexity index is 708. The van der Waals surface area contributed by atoms with Gasteiger partial charge in [-0.25, -0.2) is 0 Å². The Morgan fingerprint density at radius 1 is 1.30 bits per heavy atom. The Hall–Kier alpha value is -1.72. The van der Waals surface area contributed by atoms with Crippen molar-refractivity contribution < 1.29 is 14.1 Å². The highest BCUT2D eigenvalue weighted by Gasteiger charge is 2.22. The van der Waals surface area contributed by atoms with Crippen molar-refractivity contribution >= 4 is 34.9 Å². The number of amides is 1. The van der Waals surface area contributed by atoms with Gasteiger partial charge in [0.25, 0.3) is 5.91 Å². The number of nitrogens with one attached hydrogen (secondary N) is 1. The van der Waals surface area contributed by atoms with Gasteiger partial charge in [-0.05, 0) is 25.1 Å². The van der Waals surface area contributed by atoms with Crippen molar-refractivity contribution in [3.63, 3.8) is 0 Å². The Balaban J connectivity index is 2.01. The molecular weight excluding hydrogens is 339 g/mol. The van der Waals surface area contributed by atoms with Crippen LogP contribution in [-0.2, 0) is 10.2 Å². The molecule has 0 fully saturated rings. The van der Waals surface area contributed by atoms with Gasteiger partial charge in [0.2, 0.25) is 0 Å². The van der Waals surface area contributed by atoms with E-state index >= 15 is 0 Å². The van der Waals surface area contributed by atoms with Crippen LogP contribution in [0.5, 0.6) is 5.75 Å². The van der Waals surface area contributed by atoms with Crippen molar-refractivity contribution in [2.24, 2.45) is 0 Å². The van der Waals surface area contributed by atoms with Crippen LogP contribution >= 0.6 is 23.2 Å². The molecule has 7 heteroatoms. The second-order valence-corrected chi connectivity index (χ2v) is 6.99. The second-order valence-electron chi connectivity index (χ2n) is 6.15. The first-order chi connectivity index (χ1) is 10.7. The minimum absolute atomic E-state index is 0.186. The Morgan fingerprint density at radius 2 is 2.00 bits per heavy atom. The van der Waals surface area contributed by atoms with Crippen LogP contribution in [0.15, 0.2) is 28.8 Å². The van der Waals surface area contributed by atoms with Gasteiger partial charge in [0.05, 0.1) is 5.02 Å². The molecule has 1 N–H and O–H groups in total. The predicted octanol–water partition coefficient (Wildman–Crippen LogP) is 4.68. The van der Waals surface area contributed by atoms with Gasteiger partial charge in [-0.15, -0.1) is 0 Å². The molecule has 1 atom stereocenters. The fourth-order valence-corrected chi connectivity index (χ4v) is 2.18. The molecule has 0 saturated carbocycles. The molecule has 0 aliphatic carbocycles. The number of hydrogen-bond acceptors (Lipinski definition) is 4. The van der Waals surface area contributed by atoms with Gasteiger partial charge in [0.1, 0.15) is 11.5 Å². The van der Waals surface area contributed by atoms with E-state index in [1.807, 2.05) is 20.8 Å². The monoisotopic (exact) mass is 356 g/mol. The van der Waals surface area contributed by atoms with Gasteiger partial charge in [0.15, 0.2) is 11.9 Å². The number of aromatic nitrogens is 1. The van der Waals surface area contributed by atoms with Crippen LogP contribution in [0.2, 0.25) is 10.0 Å². The highest BCUT2D eigenvalue weighted by molar-refractivity contribution is 6.35. The molecule has 1 aromatic heterocycles. The molecule has 0 saturated heterocycles. The second kappa shape index (κ2) is 6.81. The zero-order valence-electron chi connectivity index (χ0n) is 13.3. The van der Waals surface area contributed by atoms with Gasteiger partial charge in [-0.1, -0.05) is 49.1 Å². The zero-order valence-corrected chi connectivity index (χ0v) is 14.8. The predicted molar refractivity (Wildman–Crippen MR) is 90.4 cm³/mol. The average molecular weight is 357 g/mol. The van der Waals surface area contributed by atoms with Crippen LogP contribution in [0.1, 0.15) is 33.5 Å². The zero-order chi connectivity index (χ0) is 17.2. The lowest BCUT2D eigenvalue weighted by atomic mass is 9.93. The fourth-order valence-electron chi connectivity index (χ4n) is 1.73. The van der Waals surface area contributed by atoms with E-state index in [0.717, 1.165) is 0 Å². The van der Waals surface area contributed by atoms with Gasteiger partial charge in [-0.2, -0.15) is 0 Å². The molecule has 1 unspecified atom stereocenters. The smallest absolute Gasteiger partial charge is 0.266 e. The van der Waals surface area contributed by atoms with Gasteiger partial charge < -0.3 is 14.6 Å². The molecule has 2 rings (SSSR count). The van der Waals surface area contributed by atoms with Crippen LogP contribution in [0, 0.1) is 0 Å². The van der Waals surface area contributed by atoms with E-state index in [1.54, 1.807) is 31.2 Å². The molecule has 0 aliphatic rings. The molecule has 124 valence electrons. The lowest BCUT2D eigenvalue weighted by Gasteiger charge is -2.15. The highest BCUT2D eigenvalue weighted by Crippen LogP contribution is 2.28. The van der Waals surface area contributed by atoms with Crippen molar-refractivity contribution in [3.05, 3.63) is 40.1 Å². The van der Waals surface area contributed by atoms with E-state index < -0.39 is 6.10 Å². The van der Waals surface area contributed by atoms with Crippen LogP contribution in [0.25, 0.3) is 0 Å². The number of nitrogens with zero attached hydrogens (tertiary/aromatic N) is 1. The van der Waals surface area contributed by atoms with Crippen LogP contribution in [0.3, 0.4) is 0 Å². The third kappa shape index (κ3) is 4.62. The number of anilines is 1. The average Bonchev–Trinajstić information content (AvgIpc) is 2.90. The third-order valence-corrected chi connectivity index (χ3v) is 3.60. The Kier molecular flexibility index (Phi) is 5.22. The first-order valence-electron chi connectivity index (χ1n) is 7.06. The molecule has 23 heavy (non-hydrogen) atoms. The summed E-state index contributed by atoms with van der Waals surface area (Å²) in [7, 11) is 0. The number of halogens is 2. The van der Waals surface area contributed by atoms with Crippen molar-refractivity contribution in [2.75, 3.05) is 5.32 Å². The maximum atomic E-state index is 12.2. The molecule has 1 heterocycles.